The average Bonchev–Trinajstić information content (AvgIpc) is 1.61. The summed E-state index contributed by atoms with van der Waals surface area (Å²) >= 11 is 0. The molecule has 86 heavy (non-hydrogen) atoms. The fourth-order valence-corrected chi connectivity index (χ4v) is 15.8. The number of rotatable bonds is 7. The zero-order valence-corrected chi connectivity index (χ0v) is 49.6. The molecule has 14 aromatic rings. The molecule has 0 bridgehead atoms. The van der Waals surface area contributed by atoms with E-state index >= 15 is 0 Å². The summed E-state index contributed by atoms with van der Waals surface area (Å²) in [6.45, 7) is 0. The van der Waals surface area contributed by atoms with Crippen LogP contribution in [0.2, 0.25) is 0 Å². The molecule has 0 saturated heterocycles. The Kier molecular flexibility index (Phi) is 11.6. The molecule has 0 aliphatic heterocycles. The zero-order valence-electron chi connectivity index (χ0n) is 47.2. The van der Waals surface area contributed by atoms with Crippen LogP contribution < -0.4 is 0 Å². The van der Waals surface area contributed by atoms with Gasteiger partial charge >= 0.3 is 0 Å². The molecule has 0 saturated carbocycles. The van der Waals surface area contributed by atoms with E-state index in [1.165, 1.54) is 133 Å². The van der Waals surface area contributed by atoms with Crippen LogP contribution in [-0.4, -0.2) is 9.55 Å². The third-order valence-corrected chi connectivity index (χ3v) is 19.8. The van der Waals surface area contributed by atoms with Gasteiger partial charge in [0.05, 0.1) is 11.0 Å². The van der Waals surface area contributed by atoms with E-state index in [4.69, 9.17) is 0 Å². The molecule has 2 spiro atoms. The van der Waals surface area contributed by atoms with Crippen molar-refractivity contribution in [2.45, 2.75) is 36.5 Å². The first-order chi connectivity index (χ1) is 42.0. The van der Waals surface area contributed by atoms with E-state index in [0.717, 1.165) is 53.8 Å². The second kappa shape index (κ2) is 19.7. The smallest absolute Gasteiger partial charge is 0.0541 e. The maximum Gasteiger partial charge on any atom is 0.0541 e. The SMILES string of the molecule is [Ir].[c-]1ccc(-c2cccc(-c3ccc(-n4c5ccc(-c6ccc(-c7ccc8c(c7)CC7(C8)c8ccccc8-c8ccccc87)cc6)cc5c5cc(-c6ccc7c(c6)CC6(C7)c7ccccc7-c7ccccc76)ccc54)cc3)c2)cc1-c1ccccn1. The first-order valence-electron chi connectivity index (χ1n) is 30.0. The molecule has 4 aliphatic rings. The van der Waals surface area contributed by atoms with Crippen molar-refractivity contribution in [1.82, 2.24) is 9.55 Å². The van der Waals surface area contributed by atoms with Crippen LogP contribution in [0.3, 0.4) is 0 Å². The number of nitrogens with zero attached hydrogens (tertiary/aromatic N) is 2. The maximum atomic E-state index is 4.59. The van der Waals surface area contributed by atoms with Crippen LogP contribution >= 0.6 is 0 Å². The second-order valence-corrected chi connectivity index (χ2v) is 24.2. The summed E-state index contributed by atoms with van der Waals surface area (Å²) in [6, 6.07) is 108. The Labute approximate surface area is 515 Å². The Balaban J connectivity index is 0.00000578. The molecule has 3 heteroatoms. The molecule has 0 unspecified atom stereocenters. The van der Waals surface area contributed by atoms with Gasteiger partial charge in [-0.25, -0.2) is 0 Å². The average molecular weight is 1270 g/mol. The molecular formula is C83H55IrN2-. The van der Waals surface area contributed by atoms with Crippen molar-refractivity contribution in [1.29, 1.82) is 0 Å². The normalized spacial score (nSPS) is 14.2. The molecule has 0 atom stereocenters. The molecule has 1 radical (unpaired) electrons. The van der Waals surface area contributed by atoms with E-state index in [-0.39, 0.29) is 30.9 Å². The molecule has 0 amide bonds. The monoisotopic (exact) mass is 1270 g/mol. The predicted molar refractivity (Wildman–Crippen MR) is 350 cm³/mol. The van der Waals surface area contributed by atoms with Gasteiger partial charge in [-0.1, -0.05) is 212 Å². The largest absolute Gasteiger partial charge is 0.309 e. The van der Waals surface area contributed by atoms with E-state index in [9.17, 15) is 0 Å². The van der Waals surface area contributed by atoms with Crippen molar-refractivity contribution >= 4 is 21.8 Å². The Morgan fingerprint density at radius 3 is 1.22 bits per heavy atom. The van der Waals surface area contributed by atoms with Crippen molar-refractivity contribution in [2.75, 3.05) is 0 Å². The number of aromatic nitrogens is 2. The Morgan fingerprint density at radius 2 is 0.709 bits per heavy atom. The Bertz CT molecular complexity index is 4970. The van der Waals surface area contributed by atoms with Crippen molar-refractivity contribution in [2.24, 2.45) is 0 Å². The van der Waals surface area contributed by atoms with Gasteiger partial charge in [-0.2, -0.15) is 0 Å². The van der Waals surface area contributed by atoms with Crippen molar-refractivity contribution in [3.05, 3.63) is 336 Å². The molecule has 0 fully saturated rings. The Hall–Kier alpha value is -9.76. The summed E-state index contributed by atoms with van der Waals surface area (Å²) in [6.07, 6.45) is 5.93. The van der Waals surface area contributed by atoms with Crippen molar-refractivity contribution < 1.29 is 20.1 Å². The first kappa shape index (κ1) is 50.7. The fraction of sp³-hybridized carbons (Fsp3) is 0.0723. The van der Waals surface area contributed by atoms with Crippen LogP contribution in [0.4, 0.5) is 0 Å². The van der Waals surface area contributed by atoms with E-state index < -0.39 is 0 Å². The van der Waals surface area contributed by atoms with Gasteiger partial charge in [-0.3, -0.25) is 0 Å². The van der Waals surface area contributed by atoms with Gasteiger partial charge in [0.2, 0.25) is 0 Å². The minimum Gasteiger partial charge on any atom is -0.309 e. The van der Waals surface area contributed by atoms with Gasteiger partial charge in [0.1, 0.15) is 0 Å². The van der Waals surface area contributed by atoms with Crippen molar-refractivity contribution in [3.63, 3.8) is 0 Å². The zero-order chi connectivity index (χ0) is 55.8. The fourth-order valence-electron chi connectivity index (χ4n) is 15.8. The third kappa shape index (κ3) is 7.78. The summed E-state index contributed by atoms with van der Waals surface area (Å²) in [4.78, 5) is 4.59. The van der Waals surface area contributed by atoms with Crippen LogP contribution in [0.25, 0.3) is 117 Å². The third-order valence-electron chi connectivity index (χ3n) is 19.8. The maximum absolute atomic E-state index is 4.59. The molecule has 18 rings (SSSR count). The number of hydrogen-bond donors (Lipinski definition) is 0. The minimum absolute atomic E-state index is 0. The van der Waals surface area contributed by atoms with Gasteiger partial charge in [-0.15, -0.1) is 35.4 Å². The van der Waals surface area contributed by atoms with Gasteiger partial charge in [0.25, 0.3) is 0 Å². The van der Waals surface area contributed by atoms with Crippen LogP contribution in [-0.2, 0) is 56.6 Å². The molecule has 2 heterocycles. The minimum atomic E-state index is -0.0373. The van der Waals surface area contributed by atoms with E-state index in [0.29, 0.717) is 0 Å². The van der Waals surface area contributed by atoms with E-state index in [1.54, 1.807) is 0 Å². The standard InChI is InChI=1S/C83H55N2.Ir/c1-5-21-75-69(17-1)70-18-2-6-22-76(70)82(75)49-64-32-30-59(45-66(64)51-82)53-26-28-54(29-27-53)61-36-40-80-73(47-61)74-48-62(60-31-33-65-50-83(52-67(65)46-60)77-23-7-3-19-71(77)72-20-4-8-24-78(72)83)37-41-81(74)85(80)68-38-34-55(35-39-68)56-13-11-14-57(43-56)58-15-12-16-63(44-58)79-25-9-10-42-84-79;/h1-15,17-48H,49-52H2;/q-1;. The molecule has 2 nitrogen and oxygen atoms in total. The molecule has 4 aliphatic carbocycles. The Morgan fingerprint density at radius 1 is 0.314 bits per heavy atom. The molecule has 2 aromatic heterocycles. The van der Waals surface area contributed by atoms with E-state index in [1.807, 2.05) is 30.5 Å². The van der Waals surface area contributed by atoms with Gasteiger partial charge in [-0.05, 0) is 197 Å². The summed E-state index contributed by atoms with van der Waals surface area (Å²) in [5, 5.41) is 2.48. The van der Waals surface area contributed by atoms with Gasteiger partial charge in [0, 0.05) is 53.6 Å². The van der Waals surface area contributed by atoms with Crippen LogP contribution in [0.15, 0.2) is 285 Å². The number of fused-ring (bicyclic) bond motifs is 15. The number of hydrogen-bond acceptors (Lipinski definition) is 1. The summed E-state index contributed by atoms with van der Waals surface area (Å²) in [5.41, 5.74) is 34.7. The van der Waals surface area contributed by atoms with Crippen LogP contribution in [0.5, 0.6) is 0 Å². The van der Waals surface area contributed by atoms with Gasteiger partial charge < -0.3 is 9.55 Å². The summed E-state index contributed by atoms with van der Waals surface area (Å²) in [7, 11) is 0. The topological polar surface area (TPSA) is 17.8 Å². The van der Waals surface area contributed by atoms with Crippen LogP contribution in [0.1, 0.15) is 44.5 Å². The first-order valence-corrected chi connectivity index (χ1v) is 30.0. The molecular weight excluding hydrogens is 1220 g/mol. The summed E-state index contributed by atoms with van der Waals surface area (Å²) < 4.78 is 2.46. The molecule has 407 valence electrons. The van der Waals surface area contributed by atoms with Crippen molar-refractivity contribution in [3.8, 4) is 94.8 Å². The number of pyridine rings is 1. The quantitative estimate of drug-likeness (QED) is 0.145. The van der Waals surface area contributed by atoms with Crippen LogP contribution in [0, 0.1) is 6.07 Å². The molecule has 0 N–H and O–H groups in total. The second-order valence-electron chi connectivity index (χ2n) is 24.2. The molecule has 12 aromatic carbocycles. The van der Waals surface area contributed by atoms with E-state index in [2.05, 4.69) is 270 Å². The summed E-state index contributed by atoms with van der Waals surface area (Å²) in [5.74, 6) is 0. The number of benzene rings is 12. The van der Waals surface area contributed by atoms with Gasteiger partial charge in [0.15, 0.2) is 0 Å². The predicted octanol–water partition coefficient (Wildman–Crippen LogP) is 20.1.